The minimum absolute atomic E-state index is 0.0325. The van der Waals surface area contributed by atoms with Gasteiger partial charge in [0.1, 0.15) is 0 Å². The number of rotatable bonds is 10. The van der Waals surface area contributed by atoms with Crippen LogP contribution in [0.15, 0.2) is 29.2 Å². The first kappa shape index (κ1) is 19.8. The average molecular weight is 394 g/mol. The third kappa shape index (κ3) is 6.04. The van der Waals surface area contributed by atoms with E-state index in [9.17, 15) is 18.0 Å². The summed E-state index contributed by atoms with van der Waals surface area (Å²) < 4.78 is 26.9. The maximum Gasteiger partial charge on any atom is 0.240 e. The van der Waals surface area contributed by atoms with Crippen LogP contribution < -0.4 is 10.0 Å². The van der Waals surface area contributed by atoms with Gasteiger partial charge in [0.2, 0.25) is 21.8 Å². The third-order valence-electron chi connectivity index (χ3n) is 4.87. The molecule has 8 heteroatoms. The predicted octanol–water partition coefficient (Wildman–Crippen LogP) is 1.19. The monoisotopic (exact) mass is 393 g/mol. The van der Waals surface area contributed by atoms with E-state index >= 15 is 0 Å². The molecule has 0 radical (unpaired) electrons. The lowest BCUT2D eigenvalue weighted by molar-refractivity contribution is -0.127. The number of carbonyl (C=O) groups is 2. The molecule has 0 spiro atoms. The average Bonchev–Trinajstić information content (AvgIpc) is 3.36. The molecule has 0 aromatic heterocycles. The van der Waals surface area contributed by atoms with Crippen LogP contribution in [0.1, 0.15) is 44.1 Å². The van der Waals surface area contributed by atoms with Crippen LogP contribution in [0.2, 0.25) is 0 Å². The van der Waals surface area contributed by atoms with Crippen molar-refractivity contribution in [3.63, 3.8) is 0 Å². The Morgan fingerprint density at radius 1 is 1.19 bits per heavy atom. The van der Waals surface area contributed by atoms with Crippen molar-refractivity contribution < 1.29 is 18.0 Å². The van der Waals surface area contributed by atoms with Crippen molar-refractivity contribution in [3.8, 4) is 0 Å². The van der Waals surface area contributed by atoms with E-state index in [-0.39, 0.29) is 22.8 Å². The van der Waals surface area contributed by atoms with Crippen LogP contribution in [-0.2, 0) is 26.0 Å². The van der Waals surface area contributed by atoms with E-state index in [2.05, 4.69) is 10.0 Å². The summed E-state index contributed by atoms with van der Waals surface area (Å²) in [5.41, 5.74) is 0.929. The Morgan fingerprint density at radius 3 is 2.56 bits per heavy atom. The highest BCUT2D eigenvalue weighted by atomic mass is 32.2. The SMILES string of the molecule is O=C(CCc1ccc(S(=O)(=O)NC2CC2)cc1)NCCCN1CCCC1=O. The summed E-state index contributed by atoms with van der Waals surface area (Å²) in [6, 6.07) is 6.78. The second kappa shape index (κ2) is 8.84. The van der Waals surface area contributed by atoms with Crippen molar-refractivity contribution in [1.82, 2.24) is 14.9 Å². The lowest BCUT2D eigenvalue weighted by atomic mass is 10.1. The third-order valence-corrected chi connectivity index (χ3v) is 6.41. The molecule has 2 fully saturated rings. The highest BCUT2D eigenvalue weighted by Crippen LogP contribution is 2.22. The quantitative estimate of drug-likeness (QED) is 0.584. The Labute approximate surface area is 160 Å². The fourth-order valence-corrected chi connectivity index (χ4v) is 4.41. The topological polar surface area (TPSA) is 95.6 Å². The van der Waals surface area contributed by atoms with E-state index in [0.29, 0.717) is 32.4 Å². The standard InChI is InChI=1S/C19H27N3O4S/c23-18(20-12-2-14-22-13-1-3-19(22)24)11-6-15-4-9-17(10-5-15)27(25,26)21-16-7-8-16/h4-5,9-10,16,21H,1-3,6-8,11-14H2,(H,20,23). The lowest BCUT2D eigenvalue weighted by Crippen LogP contribution is -2.30. The lowest BCUT2D eigenvalue weighted by Gasteiger charge is -2.15. The first-order valence-corrected chi connectivity index (χ1v) is 11.1. The number of sulfonamides is 1. The molecule has 7 nitrogen and oxygen atoms in total. The zero-order valence-corrected chi connectivity index (χ0v) is 16.3. The van der Waals surface area contributed by atoms with Crippen molar-refractivity contribution in [2.45, 2.75) is 55.9 Å². The molecule has 1 saturated carbocycles. The van der Waals surface area contributed by atoms with Gasteiger partial charge in [0.25, 0.3) is 0 Å². The van der Waals surface area contributed by atoms with Gasteiger partial charge in [-0.15, -0.1) is 0 Å². The van der Waals surface area contributed by atoms with Crippen LogP contribution >= 0.6 is 0 Å². The Kier molecular flexibility index (Phi) is 6.49. The van der Waals surface area contributed by atoms with Crippen LogP contribution in [0.25, 0.3) is 0 Å². The number of amides is 2. The van der Waals surface area contributed by atoms with Crippen LogP contribution in [-0.4, -0.2) is 50.8 Å². The zero-order valence-electron chi connectivity index (χ0n) is 15.4. The molecule has 1 saturated heterocycles. The van der Waals surface area contributed by atoms with Gasteiger partial charge in [-0.3, -0.25) is 9.59 Å². The highest BCUT2D eigenvalue weighted by Gasteiger charge is 2.27. The van der Waals surface area contributed by atoms with Gasteiger partial charge in [0.05, 0.1) is 4.90 Å². The molecule has 0 bridgehead atoms. The molecule has 0 unspecified atom stereocenters. The molecule has 1 aliphatic carbocycles. The highest BCUT2D eigenvalue weighted by molar-refractivity contribution is 7.89. The molecule has 0 atom stereocenters. The molecule has 1 aromatic rings. The van der Waals surface area contributed by atoms with E-state index in [1.807, 2.05) is 4.90 Å². The van der Waals surface area contributed by atoms with Crippen LogP contribution in [0.3, 0.4) is 0 Å². The minimum Gasteiger partial charge on any atom is -0.356 e. The van der Waals surface area contributed by atoms with E-state index in [1.165, 1.54) is 0 Å². The summed E-state index contributed by atoms with van der Waals surface area (Å²) in [5, 5.41) is 2.87. The molecule has 3 rings (SSSR count). The Bertz CT molecular complexity index is 773. The van der Waals surface area contributed by atoms with Crippen molar-refractivity contribution in [2.24, 2.45) is 0 Å². The number of nitrogens with one attached hydrogen (secondary N) is 2. The molecule has 148 valence electrons. The fourth-order valence-electron chi connectivity index (χ4n) is 3.11. The van der Waals surface area contributed by atoms with Gasteiger partial charge in [0.15, 0.2) is 0 Å². The molecule has 27 heavy (non-hydrogen) atoms. The van der Waals surface area contributed by atoms with Gasteiger partial charge in [-0.1, -0.05) is 12.1 Å². The Hall–Kier alpha value is -1.93. The fraction of sp³-hybridized carbons (Fsp3) is 0.579. The van der Waals surface area contributed by atoms with Gasteiger partial charge in [-0.2, -0.15) is 0 Å². The Morgan fingerprint density at radius 2 is 1.93 bits per heavy atom. The van der Waals surface area contributed by atoms with E-state index in [1.54, 1.807) is 24.3 Å². The number of benzene rings is 1. The molecular formula is C19H27N3O4S. The number of hydrogen-bond acceptors (Lipinski definition) is 4. The second-order valence-corrected chi connectivity index (χ2v) is 8.94. The number of nitrogens with zero attached hydrogens (tertiary/aromatic N) is 1. The maximum atomic E-state index is 12.1. The predicted molar refractivity (Wildman–Crippen MR) is 102 cm³/mol. The van der Waals surface area contributed by atoms with Crippen molar-refractivity contribution in [1.29, 1.82) is 0 Å². The molecule has 1 heterocycles. The zero-order chi connectivity index (χ0) is 19.3. The molecule has 2 N–H and O–H groups in total. The van der Waals surface area contributed by atoms with Crippen molar-refractivity contribution in [3.05, 3.63) is 29.8 Å². The summed E-state index contributed by atoms with van der Waals surface area (Å²) >= 11 is 0. The van der Waals surface area contributed by atoms with Crippen molar-refractivity contribution >= 4 is 21.8 Å². The summed E-state index contributed by atoms with van der Waals surface area (Å²) in [5.74, 6) is 0.175. The number of carbonyl (C=O) groups excluding carboxylic acids is 2. The van der Waals surface area contributed by atoms with Crippen LogP contribution in [0, 0.1) is 0 Å². The van der Waals surface area contributed by atoms with Crippen molar-refractivity contribution in [2.75, 3.05) is 19.6 Å². The molecule has 1 aliphatic heterocycles. The van der Waals surface area contributed by atoms with Gasteiger partial charge < -0.3 is 10.2 Å². The van der Waals surface area contributed by atoms with Gasteiger partial charge >= 0.3 is 0 Å². The normalized spacial score (nSPS) is 17.3. The molecule has 2 amide bonds. The first-order chi connectivity index (χ1) is 12.9. The number of likely N-dealkylation sites (tertiary alicyclic amines) is 1. The molecule has 1 aromatic carbocycles. The molecular weight excluding hydrogens is 366 g/mol. The van der Waals surface area contributed by atoms with Gasteiger partial charge in [0, 0.05) is 38.5 Å². The summed E-state index contributed by atoms with van der Waals surface area (Å²) in [6.45, 7) is 2.09. The smallest absolute Gasteiger partial charge is 0.240 e. The number of hydrogen-bond donors (Lipinski definition) is 2. The largest absolute Gasteiger partial charge is 0.356 e. The van der Waals surface area contributed by atoms with E-state index in [0.717, 1.165) is 37.8 Å². The maximum absolute atomic E-state index is 12.1. The summed E-state index contributed by atoms with van der Waals surface area (Å²) in [4.78, 5) is 25.5. The molecule has 2 aliphatic rings. The van der Waals surface area contributed by atoms with Crippen LogP contribution in [0.5, 0.6) is 0 Å². The van der Waals surface area contributed by atoms with Crippen LogP contribution in [0.4, 0.5) is 0 Å². The summed E-state index contributed by atoms with van der Waals surface area (Å²) in [7, 11) is -3.43. The van der Waals surface area contributed by atoms with Gasteiger partial charge in [-0.25, -0.2) is 13.1 Å². The van der Waals surface area contributed by atoms with Gasteiger partial charge in [-0.05, 0) is 49.8 Å². The first-order valence-electron chi connectivity index (χ1n) is 9.60. The summed E-state index contributed by atoms with van der Waals surface area (Å²) in [6.07, 6.45) is 5.06. The van der Waals surface area contributed by atoms with E-state index < -0.39 is 10.0 Å². The number of aryl methyl sites for hydroxylation is 1. The Balaban J connectivity index is 1.35. The van der Waals surface area contributed by atoms with E-state index in [4.69, 9.17) is 0 Å². The second-order valence-electron chi connectivity index (χ2n) is 7.23. The minimum atomic E-state index is -3.43.